The van der Waals surface area contributed by atoms with E-state index in [0.29, 0.717) is 22.2 Å². The lowest BCUT2D eigenvalue weighted by atomic mass is 10.1. The van der Waals surface area contributed by atoms with Crippen LogP contribution in [0.1, 0.15) is 17.3 Å². The maximum Gasteiger partial charge on any atom is 0.266 e. The summed E-state index contributed by atoms with van der Waals surface area (Å²) in [7, 11) is 0. The van der Waals surface area contributed by atoms with Gasteiger partial charge in [-0.2, -0.15) is 0 Å². The van der Waals surface area contributed by atoms with Gasteiger partial charge < -0.3 is 5.32 Å². The first kappa shape index (κ1) is 21.5. The molecule has 1 amide bonds. The van der Waals surface area contributed by atoms with Crippen molar-refractivity contribution in [3.05, 3.63) is 94.5 Å². The first-order chi connectivity index (χ1) is 15.4. The molecule has 0 atom stereocenters. The maximum atomic E-state index is 14.5. The molecule has 4 aromatic rings. The predicted octanol–water partition coefficient (Wildman–Crippen LogP) is 4.46. The highest BCUT2D eigenvalue weighted by Crippen LogP contribution is 2.23. The van der Waals surface area contributed by atoms with E-state index in [1.165, 1.54) is 29.7 Å². The Hall–Kier alpha value is -3.78. The highest BCUT2D eigenvalue weighted by atomic mass is 32.2. The second-order valence-electron chi connectivity index (χ2n) is 6.98. The van der Waals surface area contributed by atoms with Gasteiger partial charge >= 0.3 is 0 Å². The number of thioether (sulfide) groups is 1. The smallest absolute Gasteiger partial charge is 0.266 e. The summed E-state index contributed by atoms with van der Waals surface area (Å²) in [6, 6.07) is 19.3. The summed E-state index contributed by atoms with van der Waals surface area (Å²) < 4.78 is 15.7. The normalized spacial score (nSPS) is 10.8. The van der Waals surface area contributed by atoms with Gasteiger partial charge in [-0.3, -0.25) is 19.0 Å². The Balaban J connectivity index is 1.65. The molecule has 0 aliphatic rings. The van der Waals surface area contributed by atoms with Crippen molar-refractivity contribution in [2.75, 3.05) is 11.1 Å². The lowest BCUT2D eigenvalue weighted by Gasteiger charge is -2.14. The van der Waals surface area contributed by atoms with Crippen LogP contribution < -0.4 is 10.9 Å². The first-order valence-electron chi connectivity index (χ1n) is 9.74. The standard InChI is InChI=1S/C24H18FN3O3S/c1-15(29)16-7-6-8-17(13-16)26-22(30)14-32-24-27-20-11-4-2-9-18(20)23(31)28(24)21-12-5-3-10-19(21)25/h2-13H,14H2,1H3,(H,26,30). The SMILES string of the molecule is CC(=O)c1cccc(NC(=O)CSc2nc3ccccc3c(=O)n2-c2ccccc2F)c1. The van der Waals surface area contributed by atoms with Crippen molar-refractivity contribution >= 4 is 40.0 Å². The largest absolute Gasteiger partial charge is 0.325 e. The van der Waals surface area contributed by atoms with E-state index < -0.39 is 11.4 Å². The second kappa shape index (κ2) is 9.15. The highest BCUT2D eigenvalue weighted by molar-refractivity contribution is 7.99. The number of halogens is 1. The number of hydrogen-bond donors (Lipinski definition) is 1. The Morgan fingerprint density at radius 1 is 1.03 bits per heavy atom. The molecule has 0 aliphatic heterocycles. The minimum atomic E-state index is -0.570. The molecule has 8 heteroatoms. The summed E-state index contributed by atoms with van der Waals surface area (Å²) in [5.74, 6) is -1.09. The van der Waals surface area contributed by atoms with Crippen molar-refractivity contribution in [2.24, 2.45) is 0 Å². The number of benzene rings is 3. The number of rotatable bonds is 6. The zero-order chi connectivity index (χ0) is 22.7. The Labute approximate surface area is 187 Å². The number of nitrogens with one attached hydrogen (secondary N) is 1. The average Bonchev–Trinajstić information content (AvgIpc) is 2.79. The number of fused-ring (bicyclic) bond motifs is 1. The Morgan fingerprint density at radius 2 is 1.78 bits per heavy atom. The number of para-hydroxylation sites is 2. The minimum Gasteiger partial charge on any atom is -0.325 e. The fourth-order valence-corrected chi connectivity index (χ4v) is 4.00. The summed E-state index contributed by atoms with van der Waals surface area (Å²) in [6.45, 7) is 1.45. The van der Waals surface area contributed by atoms with Gasteiger partial charge in [0, 0.05) is 11.3 Å². The van der Waals surface area contributed by atoms with E-state index in [1.54, 1.807) is 54.6 Å². The lowest BCUT2D eigenvalue weighted by Crippen LogP contribution is -2.23. The number of ketones is 1. The Kier molecular flexibility index (Phi) is 6.13. The van der Waals surface area contributed by atoms with Crippen LogP contribution >= 0.6 is 11.8 Å². The van der Waals surface area contributed by atoms with Crippen LogP contribution in [0.15, 0.2) is 82.7 Å². The number of hydrogen-bond acceptors (Lipinski definition) is 5. The van der Waals surface area contributed by atoms with E-state index in [2.05, 4.69) is 10.3 Å². The molecular weight excluding hydrogens is 429 g/mol. The molecule has 0 fully saturated rings. The number of carbonyl (C=O) groups excluding carboxylic acids is 2. The summed E-state index contributed by atoms with van der Waals surface area (Å²) in [6.07, 6.45) is 0. The molecule has 0 spiro atoms. The molecule has 1 heterocycles. The molecule has 160 valence electrons. The molecule has 0 aliphatic carbocycles. The van der Waals surface area contributed by atoms with Gasteiger partial charge in [0.2, 0.25) is 5.91 Å². The topological polar surface area (TPSA) is 81.1 Å². The van der Waals surface area contributed by atoms with Crippen LogP contribution in [0.25, 0.3) is 16.6 Å². The van der Waals surface area contributed by atoms with Crippen LogP contribution in [0.5, 0.6) is 0 Å². The Morgan fingerprint density at radius 3 is 2.56 bits per heavy atom. The van der Waals surface area contributed by atoms with Crippen molar-refractivity contribution < 1.29 is 14.0 Å². The minimum absolute atomic E-state index is 0.0628. The van der Waals surface area contributed by atoms with Gasteiger partial charge in [0.1, 0.15) is 5.82 Å². The summed E-state index contributed by atoms with van der Waals surface area (Å²) in [5.41, 5.74) is 1.08. The zero-order valence-corrected chi connectivity index (χ0v) is 17.9. The molecule has 1 N–H and O–H groups in total. The van der Waals surface area contributed by atoms with E-state index in [9.17, 15) is 18.8 Å². The molecule has 0 unspecified atom stereocenters. The van der Waals surface area contributed by atoms with E-state index in [0.717, 1.165) is 11.8 Å². The highest BCUT2D eigenvalue weighted by Gasteiger charge is 2.17. The van der Waals surface area contributed by atoms with E-state index >= 15 is 0 Å². The molecule has 0 bridgehead atoms. The summed E-state index contributed by atoms with van der Waals surface area (Å²) in [4.78, 5) is 41.7. The van der Waals surface area contributed by atoms with E-state index in [-0.39, 0.29) is 28.3 Å². The summed E-state index contributed by atoms with van der Waals surface area (Å²) >= 11 is 1.02. The molecule has 0 saturated carbocycles. The number of carbonyl (C=O) groups is 2. The molecule has 0 radical (unpaired) electrons. The third kappa shape index (κ3) is 4.45. The van der Waals surface area contributed by atoms with Crippen molar-refractivity contribution in [3.8, 4) is 5.69 Å². The van der Waals surface area contributed by atoms with E-state index in [1.807, 2.05) is 0 Å². The van der Waals surface area contributed by atoms with Crippen LogP contribution in [-0.2, 0) is 4.79 Å². The third-order valence-electron chi connectivity index (χ3n) is 4.72. The van der Waals surface area contributed by atoms with Gasteiger partial charge in [0.05, 0.1) is 22.3 Å². The van der Waals surface area contributed by atoms with Crippen LogP contribution in [0.3, 0.4) is 0 Å². The fraction of sp³-hybridized carbons (Fsp3) is 0.0833. The number of anilines is 1. The molecular formula is C24H18FN3O3S. The van der Waals surface area contributed by atoms with Gasteiger partial charge in [-0.1, -0.05) is 48.2 Å². The molecule has 3 aromatic carbocycles. The maximum absolute atomic E-state index is 14.5. The molecule has 1 aromatic heterocycles. The molecule has 32 heavy (non-hydrogen) atoms. The van der Waals surface area contributed by atoms with Crippen LogP contribution in [0.4, 0.5) is 10.1 Å². The first-order valence-corrected chi connectivity index (χ1v) is 10.7. The monoisotopic (exact) mass is 447 g/mol. The average molecular weight is 447 g/mol. The number of Topliss-reactive ketones (excluding diaryl/α,β-unsaturated/α-hetero) is 1. The number of nitrogens with zero attached hydrogens (tertiary/aromatic N) is 2. The van der Waals surface area contributed by atoms with Crippen molar-refractivity contribution in [3.63, 3.8) is 0 Å². The van der Waals surface area contributed by atoms with Gasteiger partial charge in [-0.15, -0.1) is 0 Å². The predicted molar refractivity (Wildman–Crippen MR) is 123 cm³/mol. The van der Waals surface area contributed by atoms with Crippen LogP contribution in [0.2, 0.25) is 0 Å². The molecule has 0 saturated heterocycles. The number of amides is 1. The fourth-order valence-electron chi connectivity index (χ4n) is 3.20. The third-order valence-corrected chi connectivity index (χ3v) is 5.66. The van der Waals surface area contributed by atoms with E-state index in [4.69, 9.17) is 0 Å². The number of aromatic nitrogens is 2. The second-order valence-corrected chi connectivity index (χ2v) is 7.92. The van der Waals surface area contributed by atoms with Crippen molar-refractivity contribution in [2.45, 2.75) is 12.1 Å². The van der Waals surface area contributed by atoms with Gasteiger partial charge in [-0.05, 0) is 43.3 Å². The van der Waals surface area contributed by atoms with Crippen LogP contribution in [0, 0.1) is 5.82 Å². The van der Waals surface area contributed by atoms with Crippen molar-refractivity contribution in [1.82, 2.24) is 9.55 Å². The van der Waals surface area contributed by atoms with Gasteiger partial charge in [0.25, 0.3) is 5.56 Å². The van der Waals surface area contributed by atoms with Gasteiger partial charge in [0.15, 0.2) is 10.9 Å². The quantitative estimate of drug-likeness (QED) is 0.268. The van der Waals surface area contributed by atoms with Crippen molar-refractivity contribution in [1.29, 1.82) is 0 Å². The van der Waals surface area contributed by atoms with Crippen LogP contribution in [-0.4, -0.2) is 27.0 Å². The van der Waals surface area contributed by atoms with Gasteiger partial charge in [-0.25, -0.2) is 9.37 Å². The Bertz CT molecular complexity index is 1400. The lowest BCUT2D eigenvalue weighted by molar-refractivity contribution is -0.113. The molecule has 6 nitrogen and oxygen atoms in total. The summed E-state index contributed by atoms with van der Waals surface area (Å²) in [5, 5.41) is 3.28. The zero-order valence-electron chi connectivity index (χ0n) is 17.0. The molecule has 4 rings (SSSR count).